The van der Waals surface area contributed by atoms with Crippen LogP contribution in [0.2, 0.25) is 0 Å². The number of carbonyl (C=O) groups excluding carboxylic acids is 1. The summed E-state index contributed by atoms with van der Waals surface area (Å²) in [5.74, 6) is -1.42. The summed E-state index contributed by atoms with van der Waals surface area (Å²) in [6, 6.07) is 6.60. The smallest absolute Gasteiger partial charge is 0.416 e. The average molecular weight is 326 g/mol. The van der Waals surface area contributed by atoms with Crippen molar-refractivity contribution in [2.24, 2.45) is 0 Å². The summed E-state index contributed by atoms with van der Waals surface area (Å²) in [6.45, 7) is 0. The molecule has 0 bridgehead atoms. The molecule has 0 heterocycles. The molecule has 0 radical (unpaired) electrons. The molecule has 0 spiro atoms. The number of nitrogens with zero attached hydrogens (tertiary/aromatic N) is 1. The lowest BCUT2D eigenvalue weighted by molar-refractivity contribution is -0.384. The first-order chi connectivity index (χ1) is 10.7. The quantitative estimate of drug-likeness (QED) is 0.666. The number of aromatic hydroxyl groups is 1. The second-order valence-electron chi connectivity index (χ2n) is 4.49. The van der Waals surface area contributed by atoms with Crippen LogP contribution in [0.4, 0.5) is 24.5 Å². The highest BCUT2D eigenvalue weighted by molar-refractivity contribution is 6.06. The second kappa shape index (κ2) is 5.95. The maximum atomic E-state index is 12.4. The molecule has 0 saturated carbocycles. The summed E-state index contributed by atoms with van der Waals surface area (Å²) in [5.41, 5.74) is -1.42. The van der Waals surface area contributed by atoms with Crippen LogP contribution < -0.4 is 5.32 Å². The molecular weight excluding hydrogens is 317 g/mol. The van der Waals surface area contributed by atoms with Crippen LogP contribution in [0.25, 0.3) is 0 Å². The normalized spacial score (nSPS) is 11.1. The number of nitro benzene ring substituents is 1. The maximum Gasteiger partial charge on any atom is 0.416 e. The van der Waals surface area contributed by atoms with E-state index in [1.54, 1.807) is 0 Å². The van der Waals surface area contributed by atoms with E-state index in [1.807, 2.05) is 0 Å². The van der Waals surface area contributed by atoms with Gasteiger partial charge in [-0.3, -0.25) is 14.9 Å². The molecule has 0 saturated heterocycles. The zero-order chi connectivity index (χ0) is 17.2. The topological polar surface area (TPSA) is 92.5 Å². The van der Waals surface area contributed by atoms with Crippen LogP contribution in [0, 0.1) is 10.1 Å². The molecule has 9 heteroatoms. The fourth-order valence-corrected chi connectivity index (χ4v) is 1.77. The number of non-ortho nitro benzene ring substituents is 1. The van der Waals surface area contributed by atoms with Crippen LogP contribution in [-0.4, -0.2) is 15.9 Å². The van der Waals surface area contributed by atoms with Crippen molar-refractivity contribution >= 4 is 17.3 Å². The van der Waals surface area contributed by atoms with Gasteiger partial charge >= 0.3 is 6.18 Å². The highest BCUT2D eigenvalue weighted by Crippen LogP contribution is 2.30. The molecule has 0 aliphatic heterocycles. The number of hydrogen-bond donors (Lipinski definition) is 2. The van der Waals surface area contributed by atoms with E-state index in [1.165, 1.54) is 0 Å². The number of amides is 1. The van der Waals surface area contributed by atoms with E-state index in [2.05, 4.69) is 5.32 Å². The molecule has 0 aromatic heterocycles. The molecule has 2 aromatic carbocycles. The molecule has 2 rings (SSSR count). The van der Waals surface area contributed by atoms with Gasteiger partial charge in [0, 0.05) is 11.8 Å². The summed E-state index contributed by atoms with van der Waals surface area (Å²) in [6.07, 6.45) is -4.49. The van der Waals surface area contributed by atoms with Crippen molar-refractivity contribution in [1.29, 1.82) is 0 Å². The van der Waals surface area contributed by atoms with Crippen molar-refractivity contribution in [2.45, 2.75) is 6.18 Å². The number of phenolic OH excluding ortho intramolecular Hbond substituents is 1. The SMILES string of the molecule is O=C(Nc1ccc(C(F)(F)F)cc1)c1ccc([N+](=O)[O-])cc1O. The first kappa shape index (κ1) is 16.3. The van der Waals surface area contributed by atoms with E-state index in [4.69, 9.17) is 0 Å². The summed E-state index contributed by atoms with van der Waals surface area (Å²) in [5, 5.41) is 22.5. The van der Waals surface area contributed by atoms with Crippen molar-refractivity contribution in [3.05, 3.63) is 63.7 Å². The van der Waals surface area contributed by atoms with Gasteiger partial charge in [0.1, 0.15) is 5.75 Å². The Morgan fingerprint density at radius 2 is 1.74 bits per heavy atom. The Morgan fingerprint density at radius 3 is 2.22 bits per heavy atom. The largest absolute Gasteiger partial charge is 0.507 e. The van der Waals surface area contributed by atoms with Crippen molar-refractivity contribution in [2.75, 3.05) is 5.32 Å². The van der Waals surface area contributed by atoms with E-state index in [9.17, 15) is 33.2 Å². The summed E-state index contributed by atoms with van der Waals surface area (Å²) < 4.78 is 37.3. The van der Waals surface area contributed by atoms with Gasteiger partial charge in [0.15, 0.2) is 0 Å². The Labute approximate surface area is 127 Å². The number of nitro groups is 1. The zero-order valence-electron chi connectivity index (χ0n) is 11.3. The van der Waals surface area contributed by atoms with Gasteiger partial charge in [-0.2, -0.15) is 13.2 Å². The monoisotopic (exact) mass is 326 g/mol. The molecule has 120 valence electrons. The third kappa shape index (κ3) is 3.76. The van der Waals surface area contributed by atoms with E-state index in [0.29, 0.717) is 0 Å². The van der Waals surface area contributed by atoms with Crippen molar-refractivity contribution in [3.63, 3.8) is 0 Å². The van der Waals surface area contributed by atoms with Crippen LogP contribution in [0.3, 0.4) is 0 Å². The number of halogens is 3. The lowest BCUT2D eigenvalue weighted by Gasteiger charge is -2.09. The molecule has 1 amide bonds. The molecule has 0 unspecified atom stereocenters. The van der Waals surface area contributed by atoms with Gasteiger partial charge in [-0.15, -0.1) is 0 Å². The number of hydrogen-bond acceptors (Lipinski definition) is 4. The Morgan fingerprint density at radius 1 is 1.13 bits per heavy atom. The minimum atomic E-state index is -4.49. The predicted octanol–water partition coefficient (Wildman–Crippen LogP) is 3.57. The maximum absolute atomic E-state index is 12.4. The average Bonchev–Trinajstić information content (AvgIpc) is 2.46. The number of anilines is 1. The second-order valence-corrected chi connectivity index (χ2v) is 4.49. The third-order valence-electron chi connectivity index (χ3n) is 2.91. The molecule has 0 aliphatic carbocycles. The molecule has 2 aromatic rings. The van der Waals surface area contributed by atoms with E-state index >= 15 is 0 Å². The van der Waals surface area contributed by atoms with Gasteiger partial charge in [0.05, 0.1) is 22.1 Å². The molecular formula is C14H9F3N2O4. The molecule has 0 fully saturated rings. The Kier molecular flexibility index (Phi) is 4.21. The predicted molar refractivity (Wildman–Crippen MR) is 74.2 cm³/mol. The number of nitrogens with one attached hydrogen (secondary N) is 1. The van der Waals surface area contributed by atoms with Gasteiger partial charge < -0.3 is 10.4 Å². The summed E-state index contributed by atoms with van der Waals surface area (Å²) >= 11 is 0. The fraction of sp³-hybridized carbons (Fsp3) is 0.0714. The molecule has 0 aliphatic rings. The number of benzene rings is 2. The first-order valence-corrected chi connectivity index (χ1v) is 6.14. The zero-order valence-corrected chi connectivity index (χ0v) is 11.3. The number of phenols is 1. The lowest BCUT2D eigenvalue weighted by Crippen LogP contribution is -2.12. The van der Waals surface area contributed by atoms with E-state index < -0.39 is 34.0 Å². The summed E-state index contributed by atoms with van der Waals surface area (Å²) in [7, 11) is 0. The van der Waals surface area contributed by atoms with Gasteiger partial charge in [0.2, 0.25) is 0 Å². The van der Waals surface area contributed by atoms with Crippen molar-refractivity contribution in [1.82, 2.24) is 0 Å². The van der Waals surface area contributed by atoms with Crippen molar-refractivity contribution < 1.29 is 28.0 Å². The number of carbonyl (C=O) groups is 1. The number of alkyl halides is 3. The highest BCUT2D eigenvalue weighted by Gasteiger charge is 2.30. The van der Waals surface area contributed by atoms with Gasteiger partial charge in [-0.25, -0.2) is 0 Å². The highest BCUT2D eigenvalue weighted by atomic mass is 19.4. The molecule has 2 N–H and O–H groups in total. The van der Waals surface area contributed by atoms with E-state index in [0.717, 1.165) is 42.5 Å². The molecule has 6 nitrogen and oxygen atoms in total. The van der Waals surface area contributed by atoms with Crippen LogP contribution in [0.5, 0.6) is 5.75 Å². The minimum Gasteiger partial charge on any atom is -0.507 e. The number of rotatable bonds is 3. The lowest BCUT2D eigenvalue weighted by atomic mass is 10.1. The van der Waals surface area contributed by atoms with Gasteiger partial charge in [-0.05, 0) is 30.3 Å². The van der Waals surface area contributed by atoms with Crippen LogP contribution in [-0.2, 0) is 6.18 Å². The van der Waals surface area contributed by atoms with Crippen LogP contribution >= 0.6 is 0 Å². The Bertz CT molecular complexity index is 758. The van der Waals surface area contributed by atoms with Crippen molar-refractivity contribution in [3.8, 4) is 5.75 Å². The molecule has 23 heavy (non-hydrogen) atoms. The Hall–Kier alpha value is -3.10. The standard InChI is InChI=1S/C14H9F3N2O4/c15-14(16,17)8-1-3-9(4-2-8)18-13(21)11-6-5-10(19(22)23)7-12(11)20/h1-7,20H,(H,18,21). The Balaban J connectivity index is 2.17. The fourth-order valence-electron chi connectivity index (χ4n) is 1.77. The van der Waals surface area contributed by atoms with Crippen LogP contribution in [0.15, 0.2) is 42.5 Å². The summed E-state index contributed by atoms with van der Waals surface area (Å²) in [4.78, 5) is 21.7. The third-order valence-corrected chi connectivity index (χ3v) is 2.91. The molecule has 0 atom stereocenters. The minimum absolute atomic E-state index is 0.0840. The van der Waals surface area contributed by atoms with E-state index in [-0.39, 0.29) is 11.3 Å². The van der Waals surface area contributed by atoms with Gasteiger partial charge in [0.25, 0.3) is 11.6 Å². The van der Waals surface area contributed by atoms with Gasteiger partial charge in [-0.1, -0.05) is 0 Å². The first-order valence-electron chi connectivity index (χ1n) is 6.14. The van der Waals surface area contributed by atoms with Crippen LogP contribution in [0.1, 0.15) is 15.9 Å².